The molecular weight excluding hydrogens is 445 g/mol. The molecule has 0 saturated carbocycles. The second-order valence-corrected chi connectivity index (χ2v) is 8.29. The first-order chi connectivity index (χ1) is 17.1. The summed E-state index contributed by atoms with van der Waals surface area (Å²) in [6.45, 7) is 4.01. The number of nitrogens with zero attached hydrogens (tertiary/aromatic N) is 6. The first-order valence-electron chi connectivity index (χ1n) is 11.5. The van der Waals surface area contributed by atoms with Crippen LogP contribution in [0.3, 0.4) is 0 Å². The lowest BCUT2D eigenvalue weighted by Crippen LogP contribution is -2.27. The fraction of sp³-hybridized carbons (Fsp3) is 0.192. The first-order valence-corrected chi connectivity index (χ1v) is 11.5. The highest BCUT2D eigenvalue weighted by Gasteiger charge is 2.20. The Bertz CT molecular complexity index is 1500. The van der Waals surface area contributed by atoms with Gasteiger partial charge in [0.05, 0.1) is 17.4 Å². The number of imidazole rings is 1. The highest BCUT2D eigenvalue weighted by molar-refractivity contribution is 5.78. The van der Waals surface area contributed by atoms with Crippen LogP contribution in [0.25, 0.3) is 28.3 Å². The maximum Gasteiger partial charge on any atom is 0.333 e. The Kier molecular flexibility index (Phi) is 6.05. The molecule has 0 radical (unpaired) electrons. The monoisotopic (exact) mass is 469 g/mol. The molecule has 1 unspecified atom stereocenters. The summed E-state index contributed by atoms with van der Waals surface area (Å²) in [5, 5.41) is 14.1. The zero-order valence-electron chi connectivity index (χ0n) is 19.4. The molecule has 0 saturated heterocycles. The molecule has 35 heavy (non-hydrogen) atoms. The third-order valence-electron chi connectivity index (χ3n) is 6.08. The molecule has 0 aliphatic carbocycles. The molecule has 1 N–H and O–H groups in total. The average Bonchev–Trinajstić information content (AvgIpc) is 3.53. The zero-order chi connectivity index (χ0) is 24.4. The number of halogens is 1. The third kappa shape index (κ3) is 4.16. The lowest BCUT2D eigenvalue weighted by molar-refractivity contribution is 0.573. The number of hydrogen-bond acceptors (Lipinski definition) is 5. The Hall–Kier alpha value is -4.40. The predicted molar refractivity (Wildman–Crippen MR) is 131 cm³/mol. The molecule has 3 heterocycles. The van der Waals surface area contributed by atoms with Crippen LogP contribution >= 0.6 is 0 Å². The number of aromatic nitrogens is 7. The van der Waals surface area contributed by atoms with E-state index in [0.29, 0.717) is 12.2 Å². The van der Waals surface area contributed by atoms with Crippen molar-refractivity contribution in [2.24, 2.45) is 0 Å². The van der Waals surface area contributed by atoms with Gasteiger partial charge in [-0.05, 0) is 47.5 Å². The largest absolute Gasteiger partial charge is 0.333 e. The quantitative estimate of drug-likeness (QED) is 0.376. The van der Waals surface area contributed by atoms with Crippen molar-refractivity contribution in [1.82, 2.24) is 34.7 Å². The predicted octanol–water partition coefficient (Wildman–Crippen LogP) is 4.58. The number of benzene rings is 2. The topological polar surface area (TPSA) is 94.3 Å². The highest BCUT2D eigenvalue weighted by atomic mass is 19.1. The van der Waals surface area contributed by atoms with Crippen LogP contribution in [0.2, 0.25) is 0 Å². The lowest BCUT2D eigenvalue weighted by Gasteiger charge is -2.16. The fourth-order valence-corrected chi connectivity index (χ4v) is 4.33. The van der Waals surface area contributed by atoms with Gasteiger partial charge in [-0.3, -0.25) is 14.1 Å². The van der Waals surface area contributed by atoms with E-state index in [9.17, 15) is 9.18 Å². The smallest absolute Gasteiger partial charge is 0.289 e. The van der Waals surface area contributed by atoms with Crippen molar-refractivity contribution in [3.63, 3.8) is 0 Å². The minimum absolute atomic E-state index is 0.243. The number of nitrogens with one attached hydrogen (secondary N) is 1. The number of aromatic amines is 1. The second-order valence-electron chi connectivity index (χ2n) is 8.29. The summed E-state index contributed by atoms with van der Waals surface area (Å²) in [6.07, 6.45) is 5.07. The van der Waals surface area contributed by atoms with Crippen LogP contribution in [-0.2, 0) is 6.42 Å². The van der Waals surface area contributed by atoms with Crippen LogP contribution in [0.4, 0.5) is 4.39 Å². The van der Waals surface area contributed by atoms with Gasteiger partial charge in [0.1, 0.15) is 5.82 Å². The molecular formula is C26H24FN7O. The molecule has 5 rings (SSSR count). The molecule has 8 nitrogen and oxygen atoms in total. The SMILES string of the molecule is CCCc1cn(-c2ccccc2F)c(=O)n1C(C)c1ccc(-c2ccccc2-c2nnn[nH]2)nc1. The standard InChI is InChI=1S/C26H24FN7O/c1-3-8-19-16-33(24-12-7-6-11-22(24)27)26(35)34(19)17(2)18-13-14-23(28-15-18)20-9-4-5-10-21(20)25-29-31-32-30-25/h4-7,9-17H,3,8H2,1-2H3,(H,29,30,31,32). The van der Waals surface area contributed by atoms with Gasteiger partial charge in [-0.25, -0.2) is 14.3 Å². The Balaban J connectivity index is 1.52. The molecule has 1 atom stereocenters. The highest BCUT2D eigenvalue weighted by Crippen LogP contribution is 2.29. The van der Waals surface area contributed by atoms with Crippen LogP contribution in [-0.4, -0.2) is 34.7 Å². The second kappa shape index (κ2) is 9.46. The minimum atomic E-state index is -0.436. The first kappa shape index (κ1) is 22.4. The molecule has 0 aliphatic heterocycles. The van der Waals surface area contributed by atoms with E-state index in [-0.39, 0.29) is 17.4 Å². The number of para-hydroxylation sites is 1. The molecule has 0 fully saturated rings. The maximum absolute atomic E-state index is 14.5. The number of H-pyrrole nitrogens is 1. The van der Waals surface area contributed by atoms with Gasteiger partial charge < -0.3 is 0 Å². The van der Waals surface area contributed by atoms with Gasteiger partial charge in [0.15, 0.2) is 5.82 Å². The normalized spacial score (nSPS) is 12.1. The van der Waals surface area contributed by atoms with Gasteiger partial charge in [0, 0.05) is 29.2 Å². The van der Waals surface area contributed by atoms with Crippen molar-refractivity contribution in [1.29, 1.82) is 0 Å². The Morgan fingerprint density at radius 1 is 1.03 bits per heavy atom. The zero-order valence-corrected chi connectivity index (χ0v) is 19.4. The molecule has 5 aromatic rings. The molecule has 9 heteroatoms. The molecule has 0 spiro atoms. The van der Waals surface area contributed by atoms with Crippen molar-refractivity contribution >= 4 is 0 Å². The van der Waals surface area contributed by atoms with E-state index in [2.05, 4.69) is 32.5 Å². The summed E-state index contributed by atoms with van der Waals surface area (Å²) >= 11 is 0. The van der Waals surface area contributed by atoms with Gasteiger partial charge >= 0.3 is 5.69 Å². The van der Waals surface area contributed by atoms with E-state index >= 15 is 0 Å². The van der Waals surface area contributed by atoms with Crippen molar-refractivity contribution in [3.8, 4) is 28.3 Å². The third-order valence-corrected chi connectivity index (χ3v) is 6.08. The van der Waals surface area contributed by atoms with Crippen molar-refractivity contribution in [2.75, 3.05) is 0 Å². The van der Waals surface area contributed by atoms with Crippen LogP contribution < -0.4 is 5.69 Å². The van der Waals surface area contributed by atoms with E-state index in [1.165, 1.54) is 10.6 Å². The van der Waals surface area contributed by atoms with Crippen LogP contribution in [0.5, 0.6) is 0 Å². The summed E-state index contributed by atoms with van der Waals surface area (Å²) < 4.78 is 17.6. The number of hydrogen-bond donors (Lipinski definition) is 1. The number of pyridine rings is 1. The summed E-state index contributed by atoms with van der Waals surface area (Å²) in [7, 11) is 0. The van der Waals surface area contributed by atoms with E-state index < -0.39 is 5.82 Å². The van der Waals surface area contributed by atoms with Crippen molar-refractivity contribution in [2.45, 2.75) is 32.7 Å². The van der Waals surface area contributed by atoms with Gasteiger partial charge in [-0.15, -0.1) is 5.10 Å². The van der Waals surface area contributed by atoms with Gasteiger partial charge in [-0.2, -0.15) is 0 Å². The molecule has 0 amide bonds. The van der Waals surface area contributed by atoms with Crippen LogP contribution in [0.1, 0.15) is 37.6 Å². The minimum Gasteiger partial charge on any atom is -0.289 e. The van der Waals surface area contributed by atoms with E-state index in [1.807, 2.05) is 43.3 Å². The molecule has 0 bridgehead atoms. The van der Waals surface area contributed by atoms with E-state index in [1.54, 1.807) is 35.2 Å². The fourth-order valence-electron chi connectivity index (χ4n) is 4.33. The van der Waals surface area contributed by atoms with E-state index in [4.69, 9.17) is 0 Å². The summed E-state index contributed by atoms with van der Waals surface area (Å²) in [4.78, 5) is 18.1. The van der Waals surface area contributed by atoms with Gasteiger partial charge in [0.2, 0.25) is 0 Å². The van der Waals surface area contributed by atoms with Crippen LogP contribution in [0, 0.1) is 5.82 Å². The average molecular weight is 470 g/mol. The number of tetrazole rings is 1. The maximum atomic E-state index is 14.5. The Morgan fingerprint density at radius 2 is 1.80 bits per heavy atom. The number of rotatable bonds is 7. The van der Waals surface area contributed by atoms with Crippen molar-refractivity contribution < 1.29 is 4.39 Å². The van der Waals surface area contributed by atoms with Crippen LogP contribution in [0.15, 0.2) is 77.9 Å². The summed E-state index contributed by atoms with van der Waals surface area (Å²) in [6, 6.07) is 17.6. The van der Waals surface area contributed by atoms with E-state index in [0.717, 1.165) is 34.5 Å². The Morgan fingerprint density at radius 3 is 2.49 bits per heavy atom. The van der Waals surface area contributed by atoms with Gasteiger partial charge in [0.25, 0.3) is 0 Å². The molecule has 0 aliphatic rings. The number of aryl methyl sites for hydroxylation is 1. The van der Waals surface area contributed by atoms with Crippen molar-refractivity contribution in [3.05, 3.63) is 101 Å². The molecule has 176 valence electrons. The van der Waals surface area contributed by atoms with Gasteiger partial charge in [-0.1, -0.05) is 55.8 Å². The molecule has 2 aromatic carbocycles. The Labute approximate surface area is 201 Å². The summed E-state index contributed by atoms with van der Waals surface area (Å²) in [5.74, 6) is 0.124. The lowest BCUT2D eigenvalue weighted by atomic mass is 10.0. The summed E-state index contributed by atoms with van der Waals surface area (Å²) in [5.41, 5.74) is 4.18. The molecule has 3 aromatic heterocycles.